The lowest BCUT2D eigenvalue weighted by atomic mass is 10.3. The number of benzene rings is 1. The van der Waals surface area contributed by atoms with E-state index in [1.54, 1.807) is 0 Å². The van der Waals surface area contributed by atoms with Gasteiger partial charge in [-0.25, -0.2) is 0 Å². The second kappa shape index (κ2) is 4.88. The summed E-state index contributed by atoms with van der Waals surface area (Å²) in [5, 5.41) is 10.1. The van der Waals surface area contributed by atoms with Crippen LogP contribution in [0.5, 0.6) is 11.5 Å². The van der Waals surface area contributed by atoms with Crippen molar-refractivity contribution in [1.29, 1.82) is 0 Å². The molecule has 0 amide bonds. The summed E-state index contributed by atoms with van der Waals surface area (Å²) < 4.78 is 42.7. The molecule has 0 saturated carbocycles. The van der Waals surface area contributed by atoms with E-state index in [9.17, 15) is 18.3 Å². The van der Waals surface area contributed by atoms with Crippen molar-refractivity contribution in [2.75, 3.05) is 13.2 Å². The minimum Gasteiger partial charge on any atom is -0.848 e. The maximum Gasteiger partial charge on any atom is 0.573 e. The van der Waals surface area contributed by atoms with Crippen molar-refractivity contribution in [3.63, 3.8) is 0 Å². The zero-order chi connectivity index (χ0) is 11.3. The van der Waals surface area contributed by atoms with Crippen molar-refractivity contribution in [2.24, 2.45) is 0 Å². The zero-order valence-corrected chi connectivity index (χ0v) is 7.62. The molecule has 0 aromatic heterocycles. The maximum atomic E-state index is 11.8. The molecule has 0 spiro atoms. The monoisotopic (exact) mass is 222 g/mol. The third-order valence-corrected chi connectivity index (χ3v) is 1.46. The van der Waals surface area contributed by atoms with Crippen LogP contribution in [-0.2, 0) is 0 Å². The van der Waals surface area contributed by atoms with Crippen molar-refractivity contribution in [1.82, 2.24) is 0 Å². The minimum absolute atomic E-state index is 0.111. The number of alkyl halides is 3. The van der Waals surface area contributed by atoms with Crippen LogP contribution in [0, 0.1) is 0 Å². The molecule has 6 heteroatoms. The number of rotatable bonds is 4. The lowest BCUT2D eigenvalue weighted by Gasteiger charge is -2.09. The molecule has 1 aromatic rings. The number of hydrogen-bond donors (Lipinski definition) is 0. The highest BCUT2D eigenvalue weighted by Gasteiger charge is 2.31. The van der Waals surface area contributed by atoms with Gasteiger partial charge in [-0.15, -0.1) is 13.2 Å². The summed E-state index contributed by atoms with van der Waals surface area (Å²) in [6.07, 6.45) is -4.69. The zero-order valence-electron chi connectivity index (χ0n) is 7.62. The molecule has 0 heterocycles. The summed E-state index contributed by atoms with van der Waals surface area (Å²) in [5.74, 6) is 0.156. The fourth-order valence-electron chi connectivity index (χ4n) is 0.928. The first-order valence-corrected chi connectivity index (χ1v) is 4.13. The van der Waals surface area contributed by atoms with E-state index < -0.39 is 6.36 Å². The summed E-state index contributed by atoms with van der Waals surface area (Å²) in [7, 11) is 0. The molecule has 84 valence electrons. The smallest absolute Gasteiger partial charge is 0.573 e. The molecular formula is C9H9F3O3. The number of halogens is 3. The second-order valence-corrected chi connectivity index (χ2v) is 2.63. The second-order valence-electron chi connectivity index (χ2n) is 2.63. The summed E-state index contributed by atoms with van der Waals surface area (Å²) in [5.41, 5.74) is 0. The topological polar surface area (TPSA) is 45.1 Å². The maximum absolute atomic E-state index is 11.8. The van der Waals surface area contributed by atoms with Gasteiger partial charge in [0.25, 0.3) is 5.75 Å². The Kier molecular flexibility index (Phi) is 3.79. The van der Waals surface area contributed by atoms with Crippen LogP contribution < -0.4 is 9.84 Å². The average Bonchev–Trinajstić information content (AvgIpc) is 2.14. The summed E-state index contributed by atoms with van der Waals surface area (Å²) in [6, 6.07) is 5.02. The minimum atomic E-state index is -4.69. The summed E-state index contributed by atoms with van der Waals surface area (Å²) >= 11 is 0. The molecule has 0 saturated heterocycles. The predicted octanol–water partition coefficient (Wildman–Crippen LogP) is 1.19. The molecule has 1 N–H and O–H groups in total. The molecule has 0 fully saturated rings. The predicted molar refractivity (Wildman–Crippen MR) is 44.5 cm³/mol. The SMILES string of the molecule is [O-]CC[OH+]c1ccc(OC(F)(F)F)cc1. The first kappa shape index (κ1) is 11.6. The van der Waals surface area contributed by atoms with Crippen LogP contribution in [0.15, 0.2) is 24.3 Å². The highest BCUT2D eigenvalue weighted by Crippen LogP contribution is 2.24. The first-order valence-electron chi connectivity index (χ1n) is 4.13. The summed E-state index contributed by atoms with van der Waals surface area (Å²) in [6.45, 7) is -0.236. The first-order chi connectivity index (χ1) is 7.01. The van der Waals surface area contributed by atoms with Crippen LogP contribution in [0.2, 0.25) is 0 Å². The molecule has 3 nitrogen and oxygen atoms in total. The molecule has 0 aliphatic carbocycles. The van der Waals surface area contributed by atoms with Gasteiger partial charge in [-0.1, -0.05) is 6.61 Å². The van der Waals surface area contributed by atoms with Gasteiger partial charge in [0.05, 0.1) is 0 Å². The Balaban J connectivity index is 2.56. The van der Waals surface area contributed by atoms with Gasteiger partial charge in [-0.2, -0.15) is 0 Å². The van der Waals surface area contributed by atoms with E-state index in [1.807, 2.05) is 0 Å². The Hall–Kier alpha value is -1.43. The van der Waals surface area contributed by atoms with Crippen molar-refractivity contribution >= 4 is 0 Å². The fourth-order valence-corrected chi connectivity index (χ4v) is 0.928. The van der Waals surface area contributed by atoms with Crippen molar-refractivity contribution in [2.45, 2.75) is 6.36 Å². The molecule has 0 aliphatic heterocycles. The van der Waals surface area contributed by atoms with Gasteiger partial charge < -0.3 is 14.6 Å². The standard InChI is InChI=1S/C9H8F3O3/c10-9(11,12)15-8-3-1-7(2-4-8)14-6-5-13/h1-4H,5-6H2/q-1/p+1. The van der Waals surface area contributed by atoms with Gasteiger partial charge in [-0.05, 0) is 12.1 Å². The molecule has 0 radical (unpaired) electrons. The van der Waals surface area contributed by atoms with Gasteiger partial charge >= 0.3 is 6.36 Å². The molecule has 1 rings (SSSR count). The number of aliphatic hydroxyl groups is 1. The normalized spacial score (nSPS) is 11.2. The van der Waals surface area contributed by atoms with E-state index in [-0.39, 0.29) is 19.0 Å². The highest BCUT2D eigenvalue weighted by atomic mass is 19.4. The van der Waals surface area contributed by atoms with Gasteiger partial charge in [0, 0.05) is 12.1 Å². The van der Waals surface area contributed by atoms with Crippen LogP contribution in [0.25, 0.3) is 0 Å². The third kappa shape index (κ3) is 4.55. The number of hydrogen-bond acceptors (Lipinski definition) is 2. The average molecular weight is 222 g/mol. The van der Waals surface area contributed by atoms with Gasteiger partial charge in [0.1, 0.15) is 5.75 Å². The van der Waals surface area contributed by atoms with Crippen LogP contribution in [0.1, 0.15) is 0 Å². The molecule has 0 unspecified atom stereocenters. The van der Waals surface area contributed by atoms with Crippen molar-refractivity contribution in [3.8, 4) is 11.5 Å². The van der Waals surface area contributed by atoms with Crippen molar-refractivity contribution < 1.29 is 27.8 Å². The van der Waals surface area contributed by atoms with Crippen molar-refractivity contribution in [3.05, 3.63) is 24.3 Å². The Morgan fingerprint density at radius 2 is 1.80 bits per heavy atom. The quantitative estimate of drug-likeness (QED) is 0.718. The summed E-state index contributed by atoms with van der Waals surface area (Å²) in [4.78, 5) is 0. The van der Waals surface area contributed by atoms with E-state index in [4.69, 9.17) is 0 Å². The van der Waals surface area contributed by atoms with E-state index in [2.05, 4.69) is 9.47 Å². The number of ether oxygens (including phenoxy) is 2. The Morgan fingerprint density at radius 1 is 1.20 bits per heavy atom. The van der Waals surface area contributed by atoms with Crippen LogP contribution in [0.4, 0.5) is 13.2 Å². The van der Waals surface area contributed by atoms with E-state index in [1.165, 1.54) is 12.1 Å². The molecule has 0 aliphatic rings. The lowest BCUT2D eigenvalue weighted by molar-refractivity contribution is -0.378. The Morgan fingerprint density at radius 3 is 2.27 bits per heavy atom. The van der Waals surface area contributed by atoms with Crippen LogP contribution in [-0.4, -0.2) is 24.3 Å². The lowest BCUT2D eigenvalue weighted by Crippen LogP contribution is -2.17. The van der Waals surface area contributed by atoms with Gasteiger partial charge in [0.15, 0.2) is 6.61 Å². The number of aromatic hydroxyl groups is 1. The van der Waals surface area contributed by atoms with E-state index in [0.29, 0.717) is 5.75 Å². The van der Waals surface area contributed by atoms with Gasteiger partial charge in [0.2, 0.25) is 0 Å². The molecule has 1 aromatic carbocycles. The molecule has 0 atom stereocenters. The largest absolute Gasteiger partial charge is 0.848 e. The molecular weight excluding hydrogens is 213 g/mol. The highest BCUT2D eigenvalue weighted by molar-refractivity contribution is 5.30. The Labute approximate surface area is 84.0 Å². The fraction of sp³-hybridized carbons (Fsp3) is 0.333. The van der Waals surface area contributed by atoms with E-state index >= 15 is 0 Å². The Bertz CT molecular complexity index is 294. The van der Waals surface area contributed by atoms with Gasteiger partial charge in [-0.3, -0.25) is 0 Å². The van der Waals surface area contributed by atoms with Crippen LogP contribution >= 0.6 is 0 Å². The third-order valence-electron chi connectivity index (χ3n) is 1.46. The van der Waals surface area contributed by atoms with Crippen LogP contribution in [0.3, 0.4) is 0 Å². The molecule has 15 heavy (non-hydrogen) atoms. The molecule has 0 bridgehead atoms. The van der Waals surface area contributed by atoms with E-state index in [0.717, 1.165) is 12.1 Å².